The zero-order valence-corrected chi connectivity index (χ0v) is 13.8. The summed E-state index contributed by atoms with van der Waals surface area (Å²) in [4.78, 5) is 15.8. The highest BCUT2D eigenvalue weighted by Crippen LogP contribution is 2.19. The molecular formula is C18H18F2N2O4. The first-order valence-electron chi connectivity index (χ1n) is 8.13. The van der Waals surface area contributed by atoms with Gasteiger partial charge in [0.15, 0.2) is 11.5 Å². The minimum atomic E-state index is -1.02. The molecule has 1 aromatic heterocycles. The summed E-state index contributed by atoms with van der Waals surface area (Å²) in [5, 5.41) is 11.8. The molecule has 6 nitrogen and oxygen atoms in total. The molecule has 0 saturated carbocycles. The van der Waals surface area contributed by atoms with Crippen LogP contribution in [0, 0.1) is 11.6 Å². The normalized spacial score (nSPS) is 19.8. The number of nitrogens with one attached hydrogen (secondary N) is 1. The van der Waals surface area contributed by atoms with Gasteiger partial charge in [0.25, 0.3) is 5.91 Å². The monoisotopic (exact) mass is 364 g/mol. The molecule has 2 aromatic rings. The number of rotatable bonds is 5. The standard InChI is InChI=1S/C18H18F2N2O4/c19-12-7-14(20)17(21-8-12)18(24)22-15-5-6-25-10-16(15)26-13-3-1-11(9-23)2-4-13/h1-4,7-8,15-16,23H,5-6,9-10H2,(H,22,24)/t15-,16-/m0/s1. The average Bonchev–Trinajstić information content (AvgIpc) is 2.64. The van der Waals surface area contributed by atoms with Crippen molar-refractivity contribution >= 4 is 5.91 Å². The second-order valence-electron chi connectivity index (χ2n) is 5.89. The lowest BCUT2D eigenvalue weighted by Gasteiger charge is -2.32. The zero-order valence-electron chi connectivity index (χ0n) is 13.8. The van der Waals surface area contributed by atoms with Crippen LogP contribution in [0.3, 0.4) is 0 Å². The van der Waals surface area contributed by atoms with E-state index in [1.54, 1.807) is 24.3 Å². The van der Waals surface area contributed by atoms with Gasteiger partial charge in [0.1, 0.15) is 17.7 Å². The Morgan fingerprint density at radius 2 is 2.12 bits per heavy atom. The first-order valence-corrected chi connectivity index (χ1v) is 8.13. The Hall–Kier alpha value is -2.58. The average molecular weight is 364 g/mol. The SMILES string of the molecule is O=C(N[C@H]1CCOC[C@@H]1Oc1ccc(CO)cc1)c1ncc(F)cc1F. The lowest BCUT2D eigenvalue weighted by Crippen LogP contribution is -2.51. The summed E-state index contributed by atoms with van der Waals surface area (Å²) < 4.78 is 37.9. The van der Waals surface area contributed by atoms with Crippen LogP contribution in [0.4, 0.5) is 8.78 Å². The minimum Gasteiger partial charge on any atom is -0.486 e. The number of aliphatic hydroxyl groups excluding tert-OH is 1. The number of ether oxygens (including phenoxy) is 2. The van der Waals surface area contributed by atoms with Gasteiger partial charge in [0, 0.05) is 12.7 Å². The molecule has 0 radical (unpaired) electrons. The van der Waals surface area contributed by atoms with Crippen molar-refractivity contribution in [2.45, 2.75) is 25.2 Å². The van der Waals surface area contributed by atoms with E-state index in [2.05, 4.69) is 10.3 Å². The van der Waals surface area contributed by atoms with E-state index in [4.69, 9.17) is 14.6 Å². The number of nitrogens with zero attached hydrogens (tertiary/aromatic N) is 1. The van der Waals surface area contributed by atoms with Crippen molar-refractivity contribution in [3.05, 3.63) is 59.4 Å². The largest absolute Gasteiger partial charge is 0.486 e. The van der Waals surface area contributed by atoms with Crippen LogP contribution in [0.1, 0.15) is 22.5 Å². The fourth-order valence-corrected chi connectivity index (χ4v) is 2.66. The van der Waals surface area contributed by atoms with E-state index in [0.29, 0.717) is 24.8 Å². The van der Waals surface area contributed by atoms with Crippen molar-refractivity contribution < 1.29 is 28.2 Å². The molecule has 0 spiro atoms. The summed E-state index contributed by atoms with van der Waals surface area (Å²) in [6, 6.07) is 7.07. The molecule has 2 N–H and O–H groups in total. The van der Waals surface area contributed by atoms with E-state index in [1.807, 2.05) is 0 Å². The van der Waals surface area contributed by atoms with Crippen molar-refractivity contribution in [1.29, 1.82) is 0 Å². The summed E-state index contributed by atoms with van der Waals surface area (Å²) in [6.07, 6.45) is 0.795. The highest BCUT2D eigenvalue weighted by molar-refractivity contribution is 5.92. The van der Waals surface area contributed by atoms with Crippen LogP contribution in [-0.2, 0) is 11.3 Å². The number of carbonyl (C=O) groups excluding carboxylic acids is 1. The van der Waals surface area contributed by atoms with Gasteiger partial charge in [0.05, 0.1) is 25.5 Å². The van der Waals surface area contributed by atoms with Gasteiger partial charge >= 0.3 is 0 Å². The molecule has 26 heavy (non-hydrogen) atoms. The molecule has 0 unspecified atom stereocenters. The summed E-state index contributed by atoms with van der Waals surface area (Å²) >= 11 is 0. The molecule has 1 fully saturated rings. The lowest BCUT2D eigenvalue weighted by atomic mass is 10.1. The van der Waals surface area contributed by atoms with Gasteiger partial charge in [-0.2, -0.15) is 0 Å². The third-order valence-electron chi connectivity index (χ3n) is 4.04. The molecule has 1 amide bonds. The third kappa shape index (κ3) is 4.33. The number of carbonyl (C=O) groups is 1. The Morgan fingerprint density at radius 3 is 2.81 bits per heavy atom. The first kappa shape index (κ1) is 18.2. The number of benzene rings is 1. The fraction of sp³-hybridized carbons (Fsp3) is 0.333. The Morgan fingerprint density at radius 1 is 1.35 bits per heavy atom. The molecule has 3 rings (SSSR count). The van der Waals surface area contributed by atoms with Crippen LogP contribution < -0.4 is 10.1 Å². The molecule has 8 heteroatoms. The number of aliphatic hydroxyl groups is 1. The van der Waals surface area contributed by atoms with Crippen LogP contribution in [0.2, 0.25) is 0 Å². The van der Waals surface area contributed by atoms with Crippen LogP contribution >= 0.6 is 0 Å². The summed E-state index contributed by atoms with van der Waals surface area (Å²) in [7, 11) is 0. The Kier molecular flexibility index (Phi) is 5.75. The van der Waals surface area contributed by atoms with Gasteiger partial charge in [-0.1, -0.05) is 12.1 Å². The predicted molar refractivity (Wildman–Crippen MR) is 87.6 cm³/mol. The van der Waals surface area contributed by atoms with E-state index in [1.165, 1.54) is 0 Å². The van der Waals surface area contributed by atoms with Crippen LogP contribution in [0.15, 0.2) is 36.5 Å². The topological polar surface area (TPSA) is 80.7 Å². The number of amides is 1. The predicted octanol–water partition coefficient (Wildman–Crippen LogP) is 1.82. The number of aromatic nitrogens is 1. The summed E-state index contributed by atoms with van der Waals surface area (Å²) in [5.74, 6) is -2.05. The van der Waals surface area contributed by atoms with Crippen molar-refractivity contribution in [1.82, 2.24) is 10.3 Å². The van der Waals surface area contributed by atoms with E-state index < -0.39 is 35.4 Å². The molecule has 138 valence electrons. The number of hydrogen-bond donors (Lipinski definition) is 2. The quantitative estimate of drug-likeness (QED) is 0.846. The molecule has 1 aliphatic heterocycles. The second kappa shape index (κ2) is 8.20. The van der Waals surface area contributed by atoms with Gasteiger partial charge < -0.3 is 19.9 Å². The van der Waals surface area contributed by atoms with Crippen molar-refractivity contribution in [2.24, 2.45) is 0 Å². The molecule has 0 aliphatic carbocycles. The van der Waals surface area contributed by atoms with Gasteiger partial charge in [-0.15, -0.1) is 0 Å². The van der Waals surface area contributed by atoms with Crippen molar-refractivity contribution in [2.75, 3.05) is 13.2 Å². The fourth-order valence-electron chi connectivity index (χ4n) is 2.66. The van der Waals surface area contributed by atoms with Gasteiger partial charge in [0.2, 0.25) is 0 Å². The highest BCUT2D eigenvalue weighted by Gasteiger charge is 2.30. The Labute approximate surface area is 148 Å². The van der Waals surface area contributed by atoms with Crippen molar-refractivity contribution in [3.8, 4) is 5.75 Å². The zero-order chi connectivity index (χ0) is 18.5. The second-order valence-corrected chi connectivity index (χ2v) is 5.89. The first-order chi connectivity index (χ1) is 12.6. The lowest BCUT2D eigenvalue weighted by molar-refractivity contribution is -0.0136. The van der Waals surface area contributed by atoms with E-state index in [0.717, 1.165) is 11.8 Å². The smallest absolute Gasteiger partial charge is 0.273 e. The summed E-state index contributed by atoms with van der Waals surface area (Å²) in [6.45, 7) is 0.612. The maximum atomic E-state index is 13.7. The van der Waals surface area contributed by atoms with Gasteiger partial charge in [-0.05, 0) is 24.1 Å². The molecular weight excluding hydrogens is 346 g/mol. The molecule has 1 aliphatic rings. The minimum absolute atomic E-state index is 0.0677. The van der Waals surface area contributed by atoms with Crippen LogP contribution in [-0.4, -0.2) is 41.4 Å². The van der Waals surface area contributed by atoms with Crippen molar-refractivity contribution in [3.63, 3.8) is 0 Å². The molecule has 1 aromatic carbocycles. The number of halogens is 2. The van der Waals surface area contributed by atoms with E-state index in [9.17, 15) is 13.6 Å². The third-order valence-corrected chi connectivity index (χ3v) is 4.04. The van der Waals surface area contributed by atoms with Gasteiger partial charge in [-0.25, -0.2) is 13.8 Å². The van der Waals surface area contributed by atoms with Crippen LogP contribution in [0.25, 0.3) is 0 Å². The summed E-state index contributed by atoms with van der Waals surface area (Å²) in [5.41, 5.74) is 0.281. The molecule has 1 saturated heterocycles. The Bertz CT molecular complexity index is 770. The maximum Gasteiger partial charge on any atom is 0.273 e. The van der Waals surface area contributed by atoms with E-state index >= 15 is 0 Å². The number of pyridine rings is 1. The number of hydrogen-bond acceptors (Lipinski definition) is 5. The Balaban J connectivity index is 1.68. The van der Waals surface area contributed by atoms with E-state index in [-0.39, 0.29) is 13.2 Å². The van der Waals surface area contributed by atoms with Gasteiger partial charge in [-0.3, -0.25) is 4.79 Å². The highest BCUT2D eigenvalue weighted by atomic mass is 19.1. The van der Waals surface area contributed by atoms with Crippen LogP contribution in [0.5, 0.6) is 5.75 Å². The maximum absolute atomic E-state index is 13.7. The molecule has 2 atom stereocenters. The molecule has 2 heterocycles. The molecule has 0 bridgehead atoms.